The summed E-state index contributed by atoms with van der Waals surface area (Å²) in [6.07, 6.45) is 3.27. The quantitative estimate of drug-likeness (QED) is 0.524. The minimum absolute atomic E-state index is 0.176. The summed E-state index contributed by atoms with van der Waals surface area (Å²) in [7, 11) is 0. The molecule has 0 aliphatic rings. The number of aryl methyl sites for hydroxylation is 1. The number of hydrogen-bond acceptors (Lipinski definition) is 2. The first kappa shape index (κ1) is 19.9. The standard InChI is InChI=1S/C24H23N3O2/c1-18-7-5-11-21(15-18)26-24(29)27-22-12-6-10-20(16-22)17-25-23(28)14-13-19-8-3-2-4-9-19/h2-16H,17H2,1H3,(H,25,28)(H2,26,27,29). The molecule has 0 spiro atoms. The zero-order valence-corrected chi connectivity index (χ0v) is 16.2. The normalized spacial score (nSPS) is 10.5. The lowest BCUT2D eigenvalue weighted by molar-refractivity contribution is -0.116. The van der Waals surface area contributed by atoms with Gasteiger partial charge in [0.1, 0.15) is 0 Å². The molecule has 3 rings (SSSR count). The van der Waals surface area contributed by atoms with E-state index in [2.05, 4.69) is 16.0 Å². The predicted molar refractivity (Wildman–Crippen MR) is 118 cm³/mol. The van der Waals surface area contributed by atoms with Crippen LogP contribution in [-0.2, 0) is 11.3 Å². The zero-order valence-electron chi connectivity index (χ0n) is 16.2. The summed E-state index contributed by atoms with van der Waals surface area (Å²) in [5.41, 5.74) is 4.31. The van der Waals surface area contributed by atoms with Crippen LogP contribution in [0, 0.1) is 6.92 Å². The molecule has 0 aliphatic carbocycles. The zero-order chi connectivity index (χ0) is 20.5. The third-order valence-corrected chi connectivity index (χ3v) is 4.15. The van der Waals surface area contributed by atoms with Crippen molar-refractivity contribution in [1.82, 2.24) is 5.32 Å². The van der Waals surface area contributed by atoms with Crippen molar-refractivity contribution >= 4 is 29.4 Å². The third-order valence-electron chi connectivity index (χ3n) is 4.15. The Labute approximate surface area is 170 Å². The molecule has 3 aromatic carbocycles. The van der Waals surface area contributed by atoms with Crippen LogP contribution in [-0.4, -0.2) is 11.9 Å². The van der Waals surface area contributed by atoms with Gasteiger partial charge in [-0.1, -0.05) is 54.6 Å². The third kappa shape index (κ3) is 6.66. The smallest absolute Gasteiger partial charge is 0.323 e. The highest BCUT2D eigenvalue weighted by molar-refractivity contribution is 5.99. The lowest BCUT2D eigenvalue weighted by Gasteiger charge is -2.10. The summed E-state index contributed by atoms with van der Waals surface area (Å²) >= 11 is 0. The molecule has 3 aromatic rings. The topological polar surface area (TPSA) is 70.2 Å². The first-order valence-electron chi connectivity index (χ1n) is 9.33. The Bertz CT molecular complexity index is 1010. The van der Waals surface area contributed by atoms with Gasteiger partial charge in [0.15, 0.2) is 0 Å². The second-order valence-electron chi connectivity index (χ2n) is 6.61. The number of hydrogen-bond donors (Lipinski definition) is 3. The average Bonchev–Trinajstić information content (AvgIpc) is 2.72. The minimum atomic E-state index is -0.317. The van der Waals surface area contributed by atoms with E-state index in [0.29, 0.717) is 12.2 Å². The Morgan fingerprint density at radius 1 is 0.828 bits per heavy atom. The molecule has 0 saturated carbocycles. The fourth-order valence-electron chi connectivity index (χ4n) is 2.76. The first-order chi connectivity index (χ1) is 14.1. The summed E-state index contributed by atoms with van der Waals surface area (Å²) in [6, 6.07) is 24.3. The minimum Gasteiger partial charge on any atom is -0.348 e. The van der Waals surface area contributed by atoms with Gasteiger partial charge in [0.25, 0.3) is 0 Å². The summed E-state index contributed by atoms with van der Waals surface area (Å²) in [5.74, 6) is -0.176. The van der Waals surface area contributed by atoms with Crippen molar-refractivity contribution in [3.05, 3.63) is 102 Å². The van der Waals surface area contributed by atoms with Gasteiger partial charge in [-0.2, -0.15) is 0 Å². The highest BCUT2D eigenvalue weighted by Gasteiger charge is 2.04. The number of amides is 3. The maximum absolute atomic E-state index is 12.2. The monoisotopic (exact) mass is 385 g/mol. The second kappa shape index (κ2) is 9.90. The van der Waals surface area contributed by atoms with E-state index < -0.39 is 0 Å². The molecule has 3 N–H and O–H groups in total. The van der Waals surface area contributed by atoms with Gasteiger partial charge in [-0.25, -0.2) is 4.79 Å². The highest BCUT2D eigenvalue weighted by Crippen LogP contribution is 2.13. The molecule has 0 unspecified atom stereocenters. The fraction of sp³-hybridized carbons (Fsp3) is 0.0833. The number of nitrogens with one attached hydrogen (secondary N) is 3. The second-order valence-corrected chi connectivity index (χ2v) is 6.61. The van der Waals surface area contributed by atoms with E-state index >= 15 is 0 Å². The van der Waals surface area contributed by atoms with Gasteiger partial charge in [-0.15, -0.1) is 0 Å². The molecular formula is C24H23N3O2. The van der Waals surface area contributed by atoms with Gasteiger partial charge in [0.05, 0.1) is 0 Å². The van der Waals surface area contributed by atoms with Crippen LogP contribution in [0.2, 0.25) is 0 Å². The number of benzene rings is 3. The van der Waals surface area contributed by atoms with Crippen LogP contribution >= 0.6 is 0 Å². The average molecular weight is 385 g/mol. The molecule has 3 amide bonds. The Balaban J connectivity index is 1.52. The fourth-order valence-corrected chi connectivity index (χ4v) is 2.76. The summed E-state index contributed by atoms with van der Waals surface area (Å²) in [4.78, 5) is 24.2. The van der Waals surface area contributed by atoms with Crippen molar-refractivity contribution in [3.8, 4) is 0 Å². The van der Waals surface area contributed by atoms with E-state index in [0.717, 1.165) is 22.4 Å². The van der Waals surface area contributed by atoms with Crippen molar-refractivity contribution in [2.45, 2.75) is 13.5 Å². The van der Waals surface area contributed by atoms with Crippen LogP contribution in [0.1, 0.15) is 16.7 Å². The number of urea groups is 1. The molecule has 5 nitrogen and oxygen atoms in total. The van der Waals surface area contributed by atoms with Crippen molar-refractivity contribution < 1.29 is 9.59 Å². The number of carbonyl (C=O) groups excluding carboxylic acids is 2. The van der Waals surface area contributed by atoms with Gasteiger partial charge in [-0.3, -0.25) is 4.79 Å². The largest absolute Gasteiger partial charge is 0.348 e. The molecule has 0 saturated heterocycles. The maximum Gasteiger partial charge on any atom is 0.323 e. The van der Waals surface area contributed by atoms with Crippen molar-refractivity contribution in [2.75, 3.05) is 10.6 Å². The number of rotatable bonds is 6. The first-order valence-corrected chi connectivity index (χ1v) is 9.33. The molecule has 5 heteroatoms. The molecule has 0 atom stereocenters. The number of carbonyl (C=O) groups is 2. The Morgan fingerprint density at radius 2 is 1.52 bits per heavy atom. The van der Waals surface area contributed by atoms with E-state index in [1.807, 2.05) is 79.7 Å². The van der Waals surface area contributed by atoms with Gasteiger partial charge in [0, 0.05) is 24.0 Å². The van der Waals surface area contributed by atoms with Crippen LogP contribution in [0.15, 0.2) is 84.9 Å². The summed E-state index contributed by atoms with van der Waals surface area (Å²) in [6.45, 7) is 2.34. The lowest BCUT2D eigenvalue weighted by Crippen LogP contribution is -2.21. The summed E-state index contributed by atoms with van der Waals surface area (Å²) < 4.78 is 0. The predicted octanol–water partition coefficient (Wildman–Crippen LogP) is 4.97. The van der Waals surface area contributed by atoms with Crippen LogP contribution in [0.5, 0.6) is 0 Å². The Kier molecular flexibility index (Phi) is 6.79. The van der Waals surface area contributed by atoms with Crippen molar-refractivity contribution in [2.24, 2.45) is 0 Å². The van der Waals surface area contributed by atoms with Gasteiger partial charge < -0.3 is 16.0 Å². The van der Waals surface area contributed by atoms with Crippen LogP contribution in [0.4, 0.5) is 16.2 Å². The van der Waals surface area contributed by atoms with Crippen LogP contribution in [0.25, 0.3) is 6.08 Å². The van der Waals surface area contributed by atoms with Crippen LogP contribution in [0.3, 0.4) is 0 Å². The lowest BCUT2D eigenvalue weighted by atomic mass is 10.2. The van der Waals surface area contributed by atoms with Crippen molar-refractivity contribution in [1.29, 1.82) is 0 Å². The molecular weight excluding hydrogens is 362 g/mol. The molecule has 0 aliphatic heterocycles. The maximum atomic E-state index is 12.2. The Morgan fingerprint density at radius 3 is 2.24 bits per heavy atom. The molecule has 0 aromatic heterocycles. The molecule has 0 heterocycles. The van der Waals surface area contributed by atoms with E-state index in [4.69, 9.17) is 0 Å². The van der Waals surface area contributed by atoms with Gasteiger partial charge in [-0.05, 0) is 54.0 Å². The molecule has 29 heavy (non-hydrogen) atoms. The summed E-state index contributed by atoms with van der Waals surface area (Å²) in [5, 5.41) is 8.45. The van der Waals surface area contributed by atoms with E-state index in [9.17, 15) is 9.59 Å². The van der Waals surface area contributed by atoms with Crippen molar-refractivity contribution in [3.63, 3.8) is 0 Å². The highest BCUT2D eigenvalue weighted by atomic mass is 16.2. The Hall–Kier alpha value is -3.86. The van der Waals surface area contributed by atoms with E-state index in [-0.39, 0.29) is 11.9 Å². The van der Waals surface area contributed by atoms with E-state index in [1.165, 1.54) is 6.08 Å². The van der Waals surface area contributed by atoms with Crippen LogP contribution < -0.4 is 16.0 Å². The van der Waals surface area contributed by atoms with Gasteiger partial charge in [0.2, 0.25) is 5.91 Å². The molecule has 146 valence electrons. The number of anilines is 2. The molecule has 0 radical (unpaired) electrons. The molecule has 0 fully saturated rings. The molecule has 0 bridgehead atoms. The van der Waals surface area contributed by atoms with E-state index in [1.54, 1.807) is 12.1 Å². The van der Waals surface area contributed by atoms with Gasteiger partial charge >= 0.3 is 6.03 Å². The SMILES string of the molecule is Cc1cccc(NC(=O)Nc2cccc(CNC(=O)C=Cc3ccccc3)c2)c1.